The van der Waals surface area contributed by atoms with Gasteiger partial charge in [-0.15, -0.1) is 0 Å². The van der Waals surface area contributed by atoms with Crippen LogP contribution in [0, 0.1) is 0 Å². The molecule has 0 aromatic heterocycles. The number of alkyl halides is 1. The standard InChI is InChI=1S/C12H16FNO/c13-12(4-5-15-9-12)7-10-2-1-3-11(6-10)8-14/h1-3,6H,4-5,7-9,14H2. The predicted octanol–water partition coefficient (Wildman–Crippen LogP) is 1.82. The molecule has 0 aliphatic carbocycles. The van der Waals surface area contributed by atoms with Crippen LogP contribution in [0.1, 0.15) is 17.5 Å². The van der Waals surface area contributed by atoms with Crippen LogP contribution >= 0.6 is 0 Å². The molecule has 1 atom stereocenters. The van der Waals surface area contributed by atoms with E-state index in [-0.39, 0.29) is 6.61 Å². The minimum absolute atomic E-state index is 0.222. The van der Waals surface area contributed by atoms with E-state index >= 15 is 0 Å². The molecule has 0 radical (unpaired) electrons. The highest BCUT2D eigenvalue weighted by molar-refractivity contribution is 5.25. The molecule has 1 aliphatic heterocycles. The third-order valence-corrected chi connectivity index (χ3v) is 2.80. The van der Waals surface area contributed by atoms with Crippen molar-refractivity contribution in [2.75, 3.05) is 13.2 Å². The van der Waals surface area contributed by atoms with Gasteiger partial charge >= 0.3 is 0 Å². The van der Waals surface area contributed by atoms with Crippen LogP contribution in [0.3, 0.4) is 0 Å². The summed E-state index contributed by atoms with van der Waals surface area (Å²) >= 11 is 0. The summed E-state index contributed by atoms with van der Waals surface area (Å²) in [6.45, 7) is 1.26. The van der Waals surface area contributed by atoms with E-state index < -0.39 is 5.67 Å². The molecule has 15 heavy (non-hydrogen) atoms. The van der Waals surface area contributed by atoms with Crippen molar-refractivity contribution in [3.8, 4) is 0 Å². The van der Waals surface area contributed by atoms with Gasteiger partial charge in [-0.25, -0.2) is 4.39 Å². The van der Waals surface area contributed by atoms with Gasteiger partial charge in [-0.3, -0.25) is 0 Å². The molecule has 1 aromatic carbocycles. The smallest absolute Gasteiger partial charge is 0.140 e. The van der Waals surface area contributed by atoms with E-state index in [1.54, 1.807) is 0 Å². The lowest BCUT2D eigenvalue weighted by Gasteiger charge is -2.17. The second-order valence-corrected chi connectivity index (χ2v) is 4.15. The van der Waals surface area contributed by atoms with Crippen molar-refractivity contribution < 1.29 is 9.13 Å². The van der Waals surface area contributed by atoms with Crippen LogP contribution in [-0.2, 0) is 17.7 Å². The molecule has 0 saturated carbocycles. The van der Waals surface area contributed by atoms with Crippen molar-refractivity contribution >= 4 is 0 Å². The number of hydrogen-bond acceptors (Lipinski definition) is 2. The number of rotatable bonds is 3. The second-order valence-electron chi connectivity index (χ2n) is 4.15. The van der Waals surface area contributed by atoms with Gasteiger partial charge in [0, 0.05) is 26.0 Å². The molecule has 82 valence electrons. The lowest BCUT2D eigenvalue weighted by atomic mass is 9.95. The Bertz CT molecular complexity index is 334. The Labute approximate surface area is 89.2 Å². The summed E-state index contributed by atoms with van der Waals surface area (Å²) in [5, 5.41) is 0. The van der Waals surface area contributed by atoms with E-state index in [9.17, 15) is 4.39 Å². The zero-order valence-electron chi connectivity index (χ0n) is 8.71. The quantitative estimate of drug-likeness (QED) is 0.824. The lowest BCUT2D eigenvalue weighted by Crippen LogP contribution is -2.25. The maximum atomic E-state index is 14.1. The van der Waals surface area contributed by atoms with Crippen LogP contribution in [0.4, 0.5) is 4.39 Å². The van der Waals surface area contributed by atoms with Gasteiger partial charge in [0.15, 0.2) is 0 Å². The van der Waals surface area contributed by atoms with Crippen LogP contribution in [0.15, 0.2) is 24.3 Å². The first kappa shape index (κ1) is 10.6. The maximum Gasteiger partial charge on any atom is 0.140 e. The number of benzene rings is 1. The summed E-state index contributed by atoms with van der Waals surface area (Å²) in [6.07, 6.45) is 0.931. The van der Waals surface area contributed by atoms with E-state index in [1.165, 1.54) is 0 Å². The minimum Gasteiger partial charge on any atom is -0.378 e. The number of halogens is 1. The Kier molecular flexibility index (Phi) is 3.03. The lowest BCUT2D eigenvalue weighted by molar-refractivity contribution is 0.112. The summed E-state index contributed by atoms with van der Waals surface area (Å²) in [5.41, 5.74) is 6.42. The van der Waals surface area contributed by atoms with Crippen LogP contribution in [-0.4, -0.2) is 18.9 Å². The van der Waals surface area contributed by atoms with Crippen molar-refractivity contribution in [2.24, 2.45) is 5.73 Å². The molecule has 1 unspecified atom stereocenters. The Hall–Kier alpha value is -0.930. The molecule has 1 heterocycles. The van der Waals surface area contributed by atoms with Crippen LogP contribution in [0.2, 0.25) is 0 Å². The van der Waals surface area contributed by atoms with E-state index in [0.717, 1.165) is 11.1 Å². The van der Waals surface area contributed by atoms with Crippen LogP contribution in [0.25, 0.3) is 0 Å². The number of hydrogen-bond donors (Lipinski definition) is 1. The first-order valence-corrected chi connectivity index (χ1v) is 5.26. The first-order chi connectivity index (χ1) is 7.22. The second kappa shape index (κ2) is 4.29. The third-order valence-electron chi connectivity index (χ3n) is 2.80. The molecular formula is C12H16FNO. The highest BCUT2D eigenvalue weighted by atomic mass is 19.1. The zero-order valence-corrected chi connectivity index (χ0v) is 8.71. The SMILES string of the molecule is NCc1cccc(CC2(F)CCOC2)c1. The van der Waals surface area contributed by atoms with Crippen molar-refractivity contribution in [1.29, 1.82) is 0 Å². The molecule has 0 amide bonds. The molecule has 1 aromatic rings. The van der Waals surface area contributed by atoms with Gasteiger partial charge in [-0.05, 0) is 11.1 Å². The van der Waals surface area contributed by atoms with Crippen molar-refractivity contribution in [3.63, 3.8) is 0 Å². The molecular weight excluding hydrogens is 193 g/mol. The molecule has 2 N–H and O–H groups in total. The fourth-order valence-corrected chi connectivity index (χ4v) is 1.95. The molecule has 1 saturated heterocycles. The van der Waals surface area contributed by atoms with E-state index in [4.69, 9.17) is 10.5 Å². The van der Waals surface area contributed by atoms with Crippen molar-refractivity contribution in [3.05, 3.63) is 35.4 Å². The van der Waals surface area contributed by atoms with Gasteiger partial charge in [0.05, 0.1) is 6.61 Å². The Morgan fingerprint density at radius 3 is 2.87 bits per heavy atom. The van der Waals surface area contributed by atoms with Gasteiger partial charge in [-0.2, -0.15) is 0 Å². The Morgan fingerprint density at radius 1 is 1.40 bits per heavy atom. The van der Waals surface area contributed by atoms with Gasteiger partial charge in [0.25, 0.3) is 0 Å². The molecule has 1 aliphatic rings. The van der Waals surface area contributed by atoms with E-state index in [1.807, 2.05) is 24.3 Å². The number of ether oxygens (including phenoxy) is 1. The average molecular weight is 209 g/mol. The molecule has 0 spiro atoms. The van der Waals surface area contributed by atoms with Gasteiger partial charge in [-0.1, -0.05) is 24.3 Å². The van der Waals surface area contributed by atoms with Crippen LogP contribution in [0.5, 0.6) is 0 Å². The highest BCUT2D eigenvalue weighted by Gasteiger charge is 2.34. The monoisotopic (exact) mass is 209 g/mol. The molecule has 2 nitrogen and oxygen atoms in total. The summed E-state index contributed by atoms with van der Waals surface area (Å²) in [6, 6.07) is 7.80. The minimum atomic E-state index is -1.17. The van der Waals surface area contributed by atoms with E-state index in [2.05, 4.69) is 0 Å². The van der Waals surface area contributed by atoms with Crippen molar-refractivity contribution in [2.45, 2.75) is 25.1 Å². The topological polar surface area (TPSA) is 35.2 Å². The summed E-state index contributed by atoms with van der Waals surface area (Å²) in [7, 11) is 0. The Morgan fingerprint density at radius 2 is 2.20 bits per heavy atom. The van der Waals surface area contributed by atoms with Crippen molar-refractivity contribution in [1.82, 2.24) is 0 Å². The summed E-state index contributed by atoms with van der Waals surface area (Å²) < 4.78 is 19.2. The summed E-state index contributed by atoms with van der Waals surface area (Å²) in [5.74, 6) is 0. The van der Waals surface area contributed by atoms with Gasteiger partial charge in [0.1, 0.15) is 5.67 Å². The molecule has 2 rings (SSSR count). The zero-order chi connectivity index (χ0) is 10.7. The highest BCUT2D eigenvalue weighted by Crippen LogP contribution is 2.27. The maximum absolute atomic E-state index is 14.1. The first-order valence-electron chi connectivity index (χ1n) is 5.26. The molecule has 3 heteroatoms. The Balaban J connectivity index is 2.09. The van der Waals surface area contributed by atoms with Gasteiger partial charge in [0.2, 0.25) is 0 Å². The summed E-state index contributed by atoms with van der Waals surface area (Å²) in [4.78, 5) is 0. The largest absolute Gasteiger partial charge is 0.378 e. The van der Waals surface area contributed by atoms with Crippen LogP contribution < -0.4 is 5.73 Å². The van der Waals surface area contributed by atoms with E-state index in [0.29, 0.717) is 26.0 Å². The average Bonchev–Trinajstić information content (AvgIpc) is 2.65. The number of nitrogens with two attached hydrogens (primary N) is 1. The predicted molar refractivity (Wildman–Crippen MR) is 57.3 cm³/mol. The third kappa shape index (κ3) is 2.55. The normalized spacial score (nSPS) is 25.7. The fraction of sp³-hybridized carbons (Fsp3) is 0.500. The van der Waals surface area contributed by atoms with Gasteiger partial charge < -0.3 is 10.5 Å². The molecule has 0 bridgehead atoms. The fourth-order valence-electron chi connectivity index (χ4n) is 1.95. The molecule has 1 fully saturated rings.